The first-order chi connectivity index (χ1) is 14.2. The predicted molar refractivity (Wildman–Crippen MR) is 115 cm³/mol. The summed E-state index contributed by atoms with van der Waals surface area (Å²) in [6, 6.07) is 10.5. The highest BCUT2D eigenvalue weighted by molar-refractivity contribution is 6.30. The predicted octanol–water partition coefficient (Wildman–Crippen LogP) is 3.33. The van der Waals surface area contributed by atoms with E-state index in [0.717, 1.165) is 22.4 Å². The van der Waals surface area contributed by atoms with Crippen molar-refractivity contribution in [1.29, 1.82) is 0 Å². The van der Waals surface area contributed by atoms with E-state index in [9.17, 15) is 14.4 Å². The van der Waals surface area contributed by atoms with Crippen molar-refractivity contribution < 1.29 is 23.9 Å². The molecule has 2 rings (SSSR count). The molecule has 0 spiro atoms. The van der Waals surface area contributed by atoms with Crippen LogP contribution < -0.4 is 15.4 Å². The molecule has 0 aliphatic carbocycles. The van der Waals surface area contributed by atoms with Crippen molar-refractivity contribution in [3.63, 3.8) is 0 Å². The van der Waals surface area contributed by atoms with Crippen molar-refractivity contribution in [3.8, 4) is 5.75 Å². The monoisotopic (exact) mass is 432 g/mol. The zero-order valence-electron chi connectivity index (χ0n) is 17.4. The molecule has 160 valence electrons. The van der Waals surface area contributed by atoms with Crippen molar-refractivity contribution >= 4 is 35.1 Å². The highest BCUT2D eigenvalue weighted by atomic mass is 35.5. The van der Waals surface area contributed by atoms with Gasteiger partial charge in [0.15, 0.2) is 12.7 Å². The molecule has 2 aromatic rings. The summed E-state index contributed by atoms with van der Waals surface area (Å²) < 4.78 is 10.4. The summed E-state index contributed by atoms with van der Waals surface area (Å²) in [4.78, 5) is 36.0. The summed E-state index contributed by atoms with van der Waals surface area (Å²) in [5, 5.41) is 5.68. The van der Waals surface area contributed by atoms with Crippen LogP contribution in [0, 0.1) is 20.8 Å². The van der Waals surface area contributed by atoms with E-state index in [4.69, 9.17) is 21.1 Å². The molecule has 0 heterocycles. The zero-order chi connectivity index (χ0) is 22.3. The van der Waals surface area contributed by atoms with E-state index in [1.165, 1.54) is 6.92 Å². The van der Waals surface area contributed by atoms with E-state index in [2.05, 4.69) is 10.6 Å². The molecule has 1 atom stereocenters. The lowest BCUT2D eigenvalue weighted by molar-refractivity contribution is -0.154. The molecule has 2 aromatic carbocycles. The molecule has 1 unspecified atom stereocenters. The van der Waals surface area contributed by atoms with E-state index in [0.29, 0.717) is 10.8 Å². The summed E-state index contributed by atoms with van der Waals surface area (Å²) >= 11 is 5.86. The molecule has 7 nitrogen and oxygen atoms in total. The van der Waals surface area contributed by atoms with Gasteiger partial charge in [0.25, 0.3) is 5.91 Å². The van der Waals surface area contributed by atoms with Crippen LogP contribution in [-0.4, -0.2) is 37.0 Å². The van der Waals surface area contributed by atoms with E-state index >= 15 is 0 Å². The quantitative estimate of drug-likeness (QED) is 0.624. The molecule has 0 aliphatic rings. The average Bonchev–Trinajstić information content (AvgIpc) is 2.67. The fourth-order valence-electron chi connectivity index (χ4n) is 2.84. The maximum Gasteiger partial charge on any atom is 0.347 e. The number of hydrogen-bond donors (Lipinski definition) is 2. The molecule has 0 aromatic heterocycles. The number of aryl methyl sites for hydroxylation is 3. The van der Waals surface area contributed by atoms with Crippen LogP contribution in [0.5, 0.6) is 5.75 Å². The Labute approximate surface area is 180 Å². The number of carbonyl (C=O) groups excluding carboxylic acids is 3. The highest BCUT2D eigenvalue weighted by Gasteiger charge is 2.18. The van der Waals surface area contributed by atoms with Gasteiger partial charge in [0, 0.05) is 10.7 Å². The molecule has 2 amide bonds. The second-order valence-electron chi connectivity index (χ2n) is 6.92. The van der Waals surface area contributed by atoms with Gasteiger partial charge in [-0.3, -0.25) is 9.59 Å². The number of benzene rings is 2. The van der Waals surface area contributed by atoms with Crippen LogP contribution in [0.2, 0.25) is 5.02 Å². The van der Waals surface area contributed by atoms with Gasteiger partial charge in [-0.15, -0.1) is 0 Å². The van der Waals surface area contributed by atoms with Crippen LogP contribution in [0.15, 0.2) is 36.4 Å². The first kappa shape index (κ1) is 23.2. The van der Waals surface area contributed by atoms with Gasteiger partial charge in [0.1, 0.15) is 5.75 Å². The lowest BCUT2D eigenvalue weighted by Gasteiger charge is -2.14. The molecule has 0 bridgehead atoms. The molecule has 0 fully saturated rings. The van der Waals surface area contributed by atoms with E-state index in [1.54, 1.807) is 24.3 Å². The van der Waals surface area contributed by atoms with Crippen LogP contribution >= 0.6 is 11.6 Å². The van der Waals surface area contributed by atoms with Gasteiger partial charge < -0.3 is 20.1 Å². The highest BCUT2D eigenvalue weighted by Crippen LogP contribution is 2.21. The minimum absolute atomic E-state index is 0.238. The summed E-state index contributed by atoms with van der Waals surface area (Å²) in [5.74, 6) is -1.26. The minimum Gasteiger partial charge on any atom is -0.479 e. The Morgan fingerprint density at radius 2 is 1.70 bits per heavy atom. The number of anilines is 1. The minimum atomic E-state index is -0.924. The van der Waals surface area contributed by atoms with Gasteiger partial charge >= 0.3 is 5.97 Å². The van der Waals surface area contributed by atoms with Crippen LogP contribution in [0.3, 0.4) is 0 Å². The Balaban J connectivity index is 1.75. The van der Waals surface area contributed by atoms with Crippen molar-refractivity contribution in [1.82, 2.24) is 5.32 Å². The molecular weight excluding hydrogens is 408 g/mol. The molecule has 2 N–H and O–H groups in total. The van der Waals surface area contributed by atoms with E-state index < -0.39 is 24.6 Å². The van der Waals surface area contributed by atoms with Gasteiger partial charge in [-0.25, -0.2) is 4.79 Å². The smallest absolute Gasteiger partial charge is 0.347 e. The number of rotatable bonds is 8. The Bertz CT molecular complexity index is 922. The Morgan fingerprint density at radius 1 is 1.03 bits per heavy atom. The number of nitrogens with one attached hydrogen (secondary N) is 2. The molecule has 8 heteroatoms. The van der Waals surface area contributed by atoms with E-state index in [-0.39, 0.29) is 12.5 Å². The van der Waals surface area contributed by atoms with Crippen LogP contribution in [0.4, 0.5) is 5.69 Å². The molecule has 0 saturated carbocycles. The van der Waals surface area contributed by atoms with Gasteiger partial charge in [-0.1, -0.05) is 35.4 Å². The number of carbonyl (C=O) groups is 3. The van der Waals surface area contributed by atoms with Crippen molar-refractivity contribution in [3.05, 3.63) is 58.1 Å². The first-order valence-corrected chi connectivity index (χ1v) is 9.76. The topological polar surface area (TPSA) is 93.7 Å². The summed E-state index contributed by atoms with van der Waals surface area (Å²) in [7, 11) is 0. The van der Waals surface area contributed by atoms with Gasteiger partial charge in [0.2, 0.25) is 5.91 Å². The van der Waals surface area contributed by atoms with Gasteiger partial charge in [-0.05, 0) is 57.0 Å². The second kappa shape index (κ2) is 10.6. The van der Waals surface area contributed by atoms with Crippen molar-refractivity contribution in [2.75, 3.05) is 18.5 Å². The largest absolute Gasteiger partial charge is 0.479 e. The third-order valence-electron chi connectivity index (χ3n) is 4.17. The third kappa shape index (κ3) is 7.08. The van der Waals surface area contributed by atoms with Gasteiger partial charge in [0.05, 0.1) is 6.54 Å². The second-order valence-corrected chi connectivity index (χ2v) is 7.36. The van der Waals surface area contributed by atoms with E-state index in [1.807, 2.05) is 32.9 Å². The molecule has 0 saturated heterocycles. The molecule has 0 radical (unpaired) electrons. The number of esters is 1. The number of hydrogen-bond acceptors (Lipinski definition) is 5. The van der Waals surface area contributed by atoms with Crippen molar-refractivity contribution in [2.24, 2.45) is 0 Å². The first-order valence-electron chi connectivity index (χ1n) is 9.39. The summed E-state index contributed by atoms with van der Waals surface area (Å²) in [6.07, 6.45) is -0.924. The van der Waals surface area contributed by atoms with Gasteiger partial charge in [-0.2, -0.15) is 0 Å². The van der Waals surface area contributed by atoms with Crippen LogP contribution in [0.25, 0.3) is 0 Å². The SMILES string of the molecule is Cc1cc(C)c(NC(=O)CNC(=O)COC(=O)C(C)Oc2cccc(Cl)c2)c(C)c1. The van der Waals surface area contributed by atoms with Crippen LogP contribution in [0.1, 0.15) is 23.6 Å². The third-order valence-corrected chi connectivity index (χ3v) is 4.41. The Kier molecular flexibility index (Phi) is 8.24. The summed E-state index contributed by atoms with van der Waals surface area (Å²) in [6.45, 7) is 6.53. The Morgan fingerprint density at radius 3 is 2.33 bits per heavy atom. The normalized spacial score (nSPS) is 11.4. The number of amides is 2. The lowest BCUT2D eigenvalue weighted by atomic mass is 10.1. The average molecular weight is 433 g/mol. The molecular formula is C22H25ClN2O5. The fraction of sp³-hybridized carbons (Fsp3) is 0.318. The molecule has 0 aliphatic heterocycles. The maximum atomic E-state index is 12.1. The maximum absolute atomic E-state index is 12.1. The Hall–Kier alpha value is -3.06. The number of halogens is 1. The lowest BCUT2D eigenvalue weighted by Crippen LogP contribution is -2.37. The summed E-state index contributed by atoms with van der Waals surface area (Å²) in [5.41, 5.74) is 3.70. The standard InChI is InChI=1S/C22H25ClN2O5/c1-13-8-14(2)21(15(3)9-13)25-19(26)11-24-20(27)12-29-22(28)16(4)30-18-7-5-6-17(23)10-18/h5-10,16H,11-12H2,1-4H3,(H,24,27)(H,25,26). The molecule has 30 heavy (non-hydrogen) atoms. The van der Waals surface area contributed by atoms with Crippen molar-refractivity contribution in [2.45, 2.75) is 33.8 Å². The fourth-order valence-corrected chi connectivity index (χ4v) is 3.02. The zero-order valence-corrected chi connectivity index (χ0v) is 18.1. The number of ether oxygens (including phenoxy) is 2. The van der Waals surface area contributed by atoms with Crippen LogP contribution in [-0.2, 0) is 19.1 Å².